The van der Waals surface area contributed by atoms with Crippen molar-refractivity contribution in [3.8, 4) is 11.5 Å². The molecule has 0 saturated carbocycles. The van der Waals surface area contributed by atoms with E-state index in [9.17, 15) is 17.6 Å². The van der Waals surface area contributed by atoms with Gasteiger partial charge in [0, 0.05) is 13.1 Å². The summed E-state index contributed by atoms with van der Waals surface area (Å²) in [7, 11) is -2.52. The van der Waals surface area contributed by atoms with E-state index in [4.69, 9.17) is 18.9 Å². The molecule has 0 N–H and O–H groups in total. The fraction of sp³-hybridized carbons (Fsp3) is 0.350. The summed E-state index contributed by atoms with van der Waals surface area (Å²) in [6.07, 6.45) is 0. The van der Waals surface area contributed by atoms with Crippen LogP contribution in [0.3, 0.4) is 0 Å². The van der Waals surface area contributed by atoms with Gasteiger partial charge in [-0.1, -0.05) is 12.1 Å². The SMILES string of the molecule is COc1ccc(C(=O)OCCOc2ccccc2F)cc1S(=O)(=O)N1CCOCC1. The van der Waals surface area contributed by atoms with Crippen molar-refractivity contribution in [3.63, 3.8) is 0 Å². The molecule has 2 aromatic rings. The Morgan fingerprint density at radius 1 is 1.10 bits per heavy atom. The third kappa shape index (κ3) is 5.07. The molecule has 1 aliphatic rings. The molecule has 0 radical (unpaired) electrons. The molecule has 1 fully saturated rings. The predicted octanol–water partition coefficient (Wildman–Crippen LogP) is 2.09. The molecule has 3 rings (SSSR count). The number of hydrogen-bond donors (Lipinski definition) is 0. The number of halogens is 1. The summed E-state index contributed by atoms with van der Waals surface area (Å²) in [4.78, 5) is 12.2. The van der Waals surface area contributed by atoms with E-state index in [0.717, 1.165) is 0 Å². The predicted molar refractivity (Wildman–Crippen MR) is 105 cm³/mol. The molecule has 1 heterocycles. The van der Waals surface area contributed by atoms with Crippen LogP contribution in [-0.2, 0) is 19.5 Å². The Balaban J connectivity index is 1.67. The second kappa shape index (κ2) is 9.88. The van der Waals surface area contributed by atoms with Gasteiger partial charge >= 0.3 is 5.97 Å². The van der Waals surface area contributed by atoms with Gasteiger partial charge in [0.2, 0.25) is 10.0 Å². The molecule has 0 atom stereocenters. The van der Waals surface area contributed by atoms with Crippen LogP contribution in [0.15, 0.2) is 47.4 Å². The molecule has 0 unspecified atom stereocenters. The van der Waals surface area contributed by atoms with Crippen molar-refractivity contribution in [1.29, 1.82) is 0 Å². The molecule has 1 aliphatic heterocycles. The normalized spacial score (nSPS) is 14.9. The van der Waals surface area contributed by atoms with Gasteiger partial charge in [-0.25, -0.2) is 17.6 Å². The van der Waals surface area contributed by atoms with Crippen molar-refractivity contribution >= 4 is 16.0 Å². The number of hydrogen-bond acceptors (Lipinski definition) is 7. The highest BCUT2D eigenvalue weighted by Gasteiger charge is 2.30. The van der Waals surface area contributed by atoms with Crippen LogP contribution in [0.2, 0.25) is 0 Å². The van der Waals surface area contributed by atoms with Crippen LogP contribution in [0, 0.1) is 5.82 Å². The maximum atomic E-state index is 13.5. The maximum Gasteiger partial charge on any atom is 0.338 e. The Morgan fingerprint density at radius 2 is 1.83 bits per heavy atom. The molecule has 0 bridgehead atoms. The largest absolute Gasteiger partial charge is 0.495 e. The number of morpholine rings is 1. The third-order valence-corrected chi connectivity index (χ3v) is 6.32. The zero-order valence-electron chi connectivity index (χ0n) is 16.4. The number of para-hydroxylation sites is 1. The lowest BCUT2D eigenvalue weighted by molar-refractivity contribution is 0.0448. The number of nitrogens with zero attached hydrogens (tertiary/aromatic N) is 1. The molecular weight excluding hydrogens is 417 g/mol. The molecule has 8 nitrogen and oxygen atoms in total. The number of benzene rings is 2. The Morgan fingerprint density at radius 3 is 2.53 bits per heavy atom. The summed E-state index contributed by atoms with van der Waals surface area (Å²) in [5.74, 6) is -1.07. The summed E-state index contributed by atoms with van der Waals surface area (Å²) in [5, 5.41) is 0. The van der Waals surface area contributed by atoms with Gasteiger partial charge in [0.15, 0.2) is 11.6 Å². The lowest BCUT2D eigenvalue weighted by Crippen LogP contribution is -2.40. The molecule has 1 saturated heterocycles. The number of rotatable bonds is 8. The van der Waals surface area contributed by atoms with Gasteiger partial charge < -0.3 is 18.9 Å². The van der Waals surface area contributed by atoms with Gasteiger partial charge in [0.1, 0.15) is 23.9 Å². The summed E-state index contributed by atoms with van der Waals surface area (Å²) in [5.41, 5.74) is 0.0496. The molecule has 0 aliphatic carbocycles. The van der Waals surface area contributed by atoms with Crippen molar-refractivity contribution in [2.24, 2.45) is 0 Å². The van der Waals surface area contributed by atoms with Crippen molar-refractivity contribution < 1.29 is 36.6 Å². The van der Waals surface area contributed by atoms with Crippen LogP contribution in [0.1, 0.15) is 10.4 Å². The van der Waals surface area contributed by atoms with Gasteiger partial charge in [-0.2, -0.15) is 4.31 Å². The van der Waals surface area contributed by atoms with Crippen molar-refractivity contribution in [2.75, 3.05) is 46.6 Å². The quantitative estimate of drug-likeness (QED) is 0.459. The minimum absolute atomic E-state index is 0.0496. The molecule has 0 spiro atoms. The first-order valence-corrected chi connectivity index (χ1v) is 10.7. The van der Waals surface area contributed by atoms with E-state index < -0.39 is 21.8 Å². The van der Waals surface area contributed by atoms with Crippen LogP contribution in [0.4, 0.5) is 4.39 Å². The fourth-order valence-corrected chi connectivity index (χ4v) is 4.45. The average molecular weight is 439 g/mol. The molecular formula is C20H22FNO7S. The standard InChI is InChI=1S/C20H22FNO7S/c1-26-18-7-6-15(14-19(18)30(24,25)22-8-10-27-11-9-22)20(23)29-13-12-28-17-5-3-2-4-16(17)21/h2-7,14H,8-13H2,1H3. The van der Waals surface area contributed by atoms with E-state index >= 15 is 0 Å². The van der Waals surface area contributed by atoms with Crippen LogP contribution >= 0.6 is 0 Å². The van der Waals surface area contributed by atoms with Crippen molar-refractivity contribution in [3.05, 3.63) is 53.8 Å². The highest BCUT2D eigenvalue weighted by atomic mass is 32.2. The molecule has 0 amide bonds. The number of methoxy groups -OCH3 is 1. The number of carbonyl (C=O) groups excluding carboxylic acids is 1. The van der Waals surface area contributed by atoms with Crippen LogP contribution in [-0.4, -0.2) is 65.3 Å². The zero-order chi connectivity index (χ0) is 21.6. The Kier molecular flexibility index (Phi) is 7.24. The lowest BCUT2D eigenvalue weighted by Gasteiger charge is -2.26. The Hall–Kier alpha value is -2.69. The monoisotopic (exact) mass is 439 g/mol. The summed E-state index contributed by atoms with van der Waals surface area (Å²) >= 11 is 0. The maximum absolute atomic E-state index is 13.5. The minimum Gasteiger partial charge on any atom is -0.495 e. The first-order valence-electron chi connectivity index (χ1n) is 9.24. The van der Waals surface area contributed by atoms with Crippen LogP contribution in [0.25, 0.3) is 0 Å². The number of esters is 1. The molecule has 162 valence electrons. The fourth-order valence-electron chi connectivity index (χ4n) is 2.86. The first-order chi connectivity index (χ1) is 14.4. The molecule has 0 aromatic heterocycles. The van der Waals surface area contributed by atoms with Crippen LogP contribution < -0.4 is 9.47 Å². The van der Waals surface area contributed by atoms with E-state index in [1.807, 2.05) is 0 Å². The Bertz CT molecular complexity index is 990. The highest BCUT2D eigenvalue weighted by Crippen LogP contribution is 2.28. The second-order valence-corrected chi connectivity index (χ2v) is 8.20. The first kappa shape index (κ1) is 22.0. The average Bonchev–Trinajstić information content (AvgIpc) is 2.77. The summed E-state index contributed by atoms with van der Waals surface area (Å²) in [6.45, 7) is 0.837. The van der Waals surface area contributed by atoms with Gasteiger partial charge in [-0.3, -0.25) is 0 Å². The molecule has 2 aromatic carbocycles. The summed E-state index contributed by atoms with van der Waals surface area (Å²) < 4.78 is 61.5. The van der Waals surface area contributed by atoms with Crippen molar-refractivity contribution in [2.45, 2.75) is 4.90 Å². The topological polar surface area (TPSA) is 91.4 Å². The van der Waals surface area contributed by atoms with Gasteiger partial charge in [-0.05, 0) is 30.3 Å². The van der Waals surface area contributed by atoms with Gasteiger partial charge in [0.05, 0.1) is 25.9 Å². The number of carbonyl (C=O) groups is 1. The summed E-state index contributed by atoms with van der Waals surface area (Å²) in [6, 6.07) is 9.92. The van der Waals surface area contributed by atoms with E-state index in [1.165, 1.54) is 47.8 Å². The number of ether oxygens (including phenoxy) is 4. The smallest absolute Gasteiger partial charge is 0.338 e. The highest BCUT2D eigenvalue weighted by molar-refractivity contribution is 7.89. The zero-order valence-corrected chi connectivity index (χ0v) is 17.2. The lowest BCUT2D eigenvalue weighted by atomic mass is 10.2. The van der Waals surface area contributed by atoms with Gasteiger partial charge in [-0.15, -0.1) is 0 Å². The Labute approximate surface area is 174 Å². The number of sulfonamides is 1. The van der Waals surface area contributed by atoms with E-state index in [1.54, 1.807) is 6.07 Å². The van der Waals surface area contributed by atoms with Crippen molar-refractivity contribution in [1.82, 2.24) is 4.31 Å². The third-order valence-electron chi connectivity index (χ3n) is 4.40. The van der Waals surface area contributed by atoms with Gasteiger partial charge in [0.25, 0.3) is 0 Å². The van der Waals surface area contributed by atoms with E-state index in [2.05, 4.69) is 0 Å². The van der Waals surface area contributed by atoms with E-state index in [0.29, 0.717) is 13.2 Å². The molecule has 30 heavy (non-hydrogen) atoms. The van der Waals surface area contributed by atoms with Crippen LogP contribution in [0.5, 0.6) is 11.5 Å². The molecule has 10 heteroatoms. The minimum atomic E-state index is -3.87. The van der Waals surface area contributed by atoms with E-state index in [-0.39, 0.29) is 48.3 Å². The second-order valence-electron chi connectivity index (χ2n) is 6.30.